The number of aryl methyl sites for hydroxylation is 2. The highest BCUT2D eigenvalue weighted by atomic mass is 15.3. The van der Waals surface area contributed by atoms with E-state index in [1.807, 2.05) is 37.1 Å². The van der Waals surface area contributed by atoms with Crippen LogP contribution in [0.3, 0.4) is 0 Å². The minimum Gasteiger partial charge on any atom is -0.351 e. The second kappa shape index (κ2) is 7.88. The van der Waals surface area contributed by atoms with E-state index in [2.05, 4.69) is 50.6 Å². The number of piperidine rings is 1. The van der Waals surface area contributed by atoms with E-state index in [1.165, 1.54) is 5.56 Å². The Balaban J connectivity index is 1.35. The minimum atomic E-state index is 0.419. The van der Waals surface area contributed by atoms with Gasteiger partial charge in [-0.3, -0.25) is 9.58 Å². The Bertz CT molecular complexity index is 881. The number of aromatic nitrogens is 4. The van der Waals surface area contributed by atoms with Crippen LogP contribution in [0.15, 0.2) is 48.8 Å². The summed E-state index contributed by atoms with van der Waals surface area (Å²) < 4.78 is 1.82. The van der Waals surface area contributed by atoms with E-state index < -0.39 is 0 Å². The number of anilines is 1. The van der Waals surface area contributed by atoms with Crippen molar-refractivity contribution in [2.45, 2.75) is 32.4 Å². The van der Waals surface area contributed by atoms with Crippen molar-refractivity contribution >= 4 is 5.95 Å². The molecular weight excluding hydrogens is 336 g/mol. The van der Waals surface area contributed by atoms with Gasteiger partial charge in [-0.2, -0.15) is 5.10 Å². The van der Waals surface area contributed by atoms with Crippen molar-refractivity contribution in [3.8, 4) is 11.3 Å². The lowest BCUT2D eigenvalue weighted by Crippen LogP contribution is -2.38. The van der Waals surface area contributed by atoms with Crippen molar-refractivity contribution in [3.05, 3.63) is 60.0 Å². The Labute approximate surface area is 160 Å². The van der Waals surface area contributed by atoms with Crippen molar-refractivity contribution in [3.63, 3.8) is 0 Å². The maximum atomic E-state index is 4.71. The Morgan fingerprint density at radius 1 is 1.11 bits per heavy atom. The Morgan fingerprint density at radius 2 is 1.89 bits per heavy atom. The fourth-order valence-electron chi connectivity index (χ4n) is 3.69. The lowest BCUT2D eigenvalue weighted by molar-refractivity contribution is 0.211. The van der Waals surface area contributed by atoms with Gasteiger partial charge in [-0.1, -0.05) is 30.3 Å². The van der Waals surface area contributed by atoms with Crippen LogP contribution in [0.5, 0.6) is 0 Å². The second-order valence-electron chi connectivity index (χ2n) is 7.25. The van der Waals surface area contributed by atoms with Crippen LogP contribution < -0.4 is 5.32 Å². The van der Waals surface area contributed by atoms with Crippen LogP contribution in [-0.2, 0) is 13.6 Å². The molecule has 1 N–H and O–H groups in total. The van der Waals surface area contributed by atoms with E-state index in [1.54, 1.807) is 0 Å². The molecule has 4 rings (SSSR count). The lowest BCUT2D eigenvalue weighted by Gasteiger charge is -2.32. The minimum absolute atomic E-state index is 0.419. The largest absolute Gasteiger partial charge is 0.351 e. The van der Waals surface area contributed by atoms with E-state index in [9.17, 15) is 0 Å². The summed E-state index contributed by atoms with van der Waals surface area (Å²) in [5.41, 5.74) is 4.34. The molecule has 1 fully saturated rings. The number of rotatable bonds is 5. The van der Waals surface area contributed by atoms with Gasteiger partial charge in [0.2, 0.25) is 5.95 Å². The number of likely N-dealkylation sites (tertiary alicyclic amines) is 1. The van der Waals surface area contributed by atoms with Crippen molar-refractivity contribution in [2.24, 2.45) is 7.05 Å². The molecule has 0 atom stereocenters. The van der Waals surface area contributed by atoms with Gasteiger partial charge < -0.3 is 5.32 Å². The molecule has 0 spiro atoms. The molecule has 0 aliphatic carbocycles. The van der Waals surface area contributed by atoms with Crippen LogP contribution in [0, 0.1) is 6.92 Å². The summed E-state index contributed by atoms with van der Waals surface area (Å²) in [6.45, 7) is 5.22. The first-order valence-electron chi connectivity index (χ1n) is 9.54. The molecule has 1 aromatic carbocycles. The smallest absolute Gasteiger partial charge is 0.223 e. The predicted octanol–water partition coefficient (Wildman–Crippen LogP) is 3.26. The monoisotopic (exact) mass is 362 g/mol. The zero-order chi connectivity index (χ0) is 18.6. The van der Waals surface area contributed by atoms with E-state index in [0.29, 0.717) is 12.0 Å². The van der Waals surface area contributed by atoms with Gasteiger partial charge in [-0.15, -0.1) is 0 Å². The highest BCUT2D eigenvalue weighted by molar-refractivity contribution is 5.61. The van der Waals surface area contributed by atoms with Crippen LogP contribution in [-0.4, -0.2) is 43.8 Å². The third-order valence-electron chi connectivity index (χ3n) is 5.11. The lowest BCUT2D eigenvalue weighted by atomic mass is 10.0. The summed E-state index contributed by atoms with van der Waals surface area (Å²) in [4.78, 5) is 11.6. The maximum Gasteiger partial charge on any atom is 0.223 e. The van der Waals surface area contributed by atoms with Crippen molar-refractivity contribution in [1.82, 2.24) is 24.6 Å². The number of nitrogens with one attached hydrogen (secondary N) is 1. The first-order valence-corrected chi connectivity index (χ1v) is 9.54. The summed E-state index contributed by atoms with van der Waals surface area (Å²) in [5.74, 6) is 0.706. The molecule has 3 heterocycles. The third-order valence-corrected chi connectivity index (χ3v) is 5.11. The van der Waals surface area contributed by atoms with Gasteiger partial charge in [0, 0.05) is 50.7 Å². The molecule has 0 radical (unpaired) electrons. The van der Waals surface area contributed by atoms with E-state index in [-0.39, 0.29) is 0 Å². The average molecular weight is 362 g/mol. The summed E-state index contributed by atoms with van der Waals surface area (Å²) in [6.07, 6.45) is 6.03. The van der Waals surface area contributed by atoms with Gasteiger partial charge in [0.15, 0.2) is 0 Å². The van der Waals surface area contributed by atoms with Gasteiger partial charge in [0.05, 0.1) is 11.4 Å². The first kappa shape index (κ1) is 17.7. The molecule has 0 bridgehead atoms. The van der Waals surface area contributed by atoms with Crippen LogP contribution in [0.4, 0.5) is 5.95 Å². The van der Waals surface area contributed by atoms with E-state index >= 15 is 0 Å². The van der Waals surface area contributed by atoms with Crippen molar-refractivity contribution in [2.75, 3.05) is 18.4 Å². The van der Waals surface area contributed by atoms with E-state index in [0.717, 1.165) is 49.4 Å². The molecule has 0 saturated carbocycles. The van der Waals surface area contributed by atoms with Gasteiger partial charge in [0.25, 0.3) is 0 Å². The molecule has 3 aromatic rings. The van der Waals surface area contributed by atoms with Gasteiger partial charge >= 0.3 is 0 Å². The Morgan fingerprint density at radius 3 is 2.59 bits per heavy atom. The van der Waals surface area contributed by atoms with Crippen LogP contribution in [0.25, 0.3) is 11.3 Å². The van der Waals surface area contributed by atoms with Crippen LogP contribution >= 0.6 is 0 Å². The number of nitrogens with zero attached hydrogens (tertiary/aromatic N) is 5. The summed E-state index contributed by atoms with van der Waals surface area (Å²) >= 11 is 0. The molecule has 6 nitrogen and oxygen atoms in total. The molecule has 1 aliphatic heterocycles. The zero-order valence-electron chi connectivity index (χ0n) is 16.0. The zero-order valence-corrected chi connectivity index (χ0v) is 16.0. The summed E-state index contributed by atoms with van der Waals surface area (Å²) in [6, 6.07) is 13.0. The highest BCUT2D eigenvalue weighted by Gasteiger charge is 2.20. The Kier molecular flexibility index (Phi) is 5.16. The molecule has 0 amide bonds. The van der Waals surface area contributed by atoms with E-state index in [4.69, 9.17) is 4.98 Å². The molecule has 140 valence electrons. The van der Waals surface area contributed by atoms with Gasteiger partial charge in [0.1, 0.15) is 0 Å². The Hall–Kier alpha value is -2.73. The standard InChI is InChI=1S/C21H26N6/c1-16-19(15-26(2)25-16)20-8-11-22-21(24-20)23-18-9-12-27(13-10-18)14-17-6-4-3-5-7-17/h3-8,11,15,18H,9-10,12-14H2,1-2H3,(H,22,23,24). The second-order valence-corrected chi connectivity index (χ2v) is 7.25. The maximum absolute atomic E-state index is 4.71. The SMILES string of the molecule is Cc1nn(C)cc1-c1ccnc(NC2CCN(Cc3ccccc3)CC2)n1. The fraction of sp³-hybridized carbons (Fsp3) is 0.381. The molecular formula is C21H26N6. The fourth-order valence-corrected chi connectivity index (χ4v) is 3.69. The average Bonchev–Trinajstić information content (AvgIpc) is 3.03. The number of hydrogen-bond donors (Lipinski definition) is 1. The molecule has 0 unspecified atom stereocenters. The topological polar surface area (TPSA) is 58.9 Å². The molecule has 1 saturated heterocycles. The van der Waals surface area contributed by atoms with Crippen molar-refractivity contribution in [1.29, 1.82) is 0 Å². The molecule has 6 heteroatoms. The number of benzene rings is 1. The molecule has 2 aromatic heterocycles. The third kappa shape index (κ3) is 4.34. The predicted molar refractivity (Wildman–Crippen MR) is 107 cm³/mol. The van der Waals surface area contributed by atoms with Crippen molar-refractivity contribution < 1.29 is 0 Å². The quantitative estimate of drug-likeness (QED) is 0.755. The molecule has 1 aliphatic rings. The van der Waals surface area contributed by atoms with Gasteiger partial charge in [-0.05, 0) is 31.4 Å². The van der Waals surface area contributed by atoms with Crippen LogP contribution in [0.1, 0.15) is 24.1 Å². The van der Waals surface area contributed by atoms with Gasteiger partial charge in [-0.25, -0.2) is 9.97 Å². The first-order chi connectivity index (χ1) is 13.2. The summed E-state index contributed by atoms with van der Waals surface area (Å²) in [5, 5.41) is 7.93. The normalized spacial score (nSPS) is 15.8. The molecule has 27 heavy (non-hydrogen) atoms. The summed E-state index contributed by atoms with van der Waals surface area (Å²) in [7, 11) is 1.93. The van der Waals surface area contributed by atoms with Crippen LogP contribution in [0.2, 0.25) is 0 Å². The highest BCUT2D eigenvalue weighted by Crippen LogP contribution is 2.22. The number of hydrogen-bond acceptors (Lipinski definition) is 5.